The molecule has 6 heteroatoms. The number of carbonyl (C=O) groups is 1. The van der Waals surface area contributed by atoms with Gasteiger partial charge in [0.2, 0.25) is 0 Å². The maximum Gasteiger partial charge on any atom is 0.257 e. The van der Waals surface area contributed by atoms with Gasteiger partial charge in [0.25, 0.3) is 5.91 Å². The number of aliphatic hydroxyl groups is 1. The van der Waals surface area contributed by atoms with E-state index in [0.717, 1.165) is 29.9 Å². The molecule has 0 radical (unpaired) electrons. The summed E-state index contributed by atoms with van der Waals surface area (Å²) in [6.45, 7) is 6.84. The molecule has 1 amide bonds. The topological polar surface area (TPSA) is 79.5 Å². The summed E-state index contributed by atoms with van der Waals surface area (Å²) in [4.78, 5) is 23.2. The quantitative estimate of drug-likeness (QED) is 0.936. The summed E-state index contributed by atoms with van der Waals surface area (Å²) < 4.78 is 5.47. The molecular weight excluding hydrogens is 306 g/mol. The van der Waals surface area contributed by atoms with Gasteiger partial charge in [-0.1, -0.05) is 0 Å². The molecule has 0 bridgehead atoms. The lowest BCUT2D eigenvalue weighted by Crippen LogP contribution is -2.38. The Kier molecular flexibility index (Phi) is 4.66. The molecule has 1 fully saturated rings. The van der Waals surface area contributed by atoms with E-state index in [-0.39, 0.29) is 18.4 Å². The minimum atomic E-state index is -0.0533. The second-order valence-electron chi connectivity index (χ2n) is 6.38. The Morgan fingerprint density at radius 2 is 2.04 bits per heavy atom. The number of amides is 1. The molecule has 1 N–H and O–H groups in total. The SMILES string of the molecule is Cc1ncc(CO)c(C2CCN(C(=O)c3cc(C)oc3C)CC2)n1. The molecule has 0 aliphatic carbocycles. The molecule has 0 spiro atoms. The molecule has 24 heavy (non-hydrogen) atoms. The zero-order valence-electron chi connectivity index (χ0n) is 14.4. The number of hydrogen-bond donors (Lipinski definition) is 1. The van der Waals surface area contributed by atoms with E-state index in [4.69, 9.17) is 4.42 Å². The van der Waals surface area contributed by atoms with E-state index in [1.165, 1.54) is 0 Å². The molecule has 128 valence electrons. The normalized spacial score (nSPS) is 15.8. The molecule has 1 aliphatic rings. The van der Waals surface area contributed by atoms with Gasteiger partial charge in [0, 0.05) is 30.8 Å². The van der Waals surface area contributed by atoms with E-state index < -0.39 is 0 Å². The molecule has 2 aromatic rings. The number of aliphatic hydroxyl groups excluding tert-OH is 1. The largest absolute Gasteiger partial charge is 0.466 e. The van der Waals surface area contributed by atoms with Crippen LogP contribution < -0.4 is 0 Å². The number of carbonyl (C=O) groups excluding carboxylic acids is 1. The summed E-state index contributed by atoms with van der Waals surface area (Å²) in [6, 6.07) is 1.81. The monoisotopic (exact) mass is 329 g/mol. The average Bonchev–Trinajstić information content (AvgIpc) is 2.92. The predicted molar refractivity (Wildman–Crippen MR) is 88.8 cm³/mol. The lowest BCUT2D eigenvalue weighted by molar-refractivity contribution is 0.0709. The van der Waals surface area contributed by atoms with Crippen LogP contribution in [0.3, 0.4) is 0 Å². The zero-order valence-corrected chi connectivity index (χ0v) is 14.4. The van der Waals surface area contributed by atoms with Crippen molar-refractivity contribution in [1.82, 2.24) is 14.9 Å². The van der Waals surface area contributed by atoms with Crippen LogP contribution in [0.4, 0.5) is 0 Å². The summed E-state index contributed by atoms with van der Waals surface area (Å²) in [6.07, 6.45) is 3.38. The lowest BCUT2D eigenvalue weighted by Gasteiger charge is -2.32. The first-order valence-electron chi connectivity index (χ1n) is 8.29. The van der Waals surface area contributed by atoms with Gasteiger partial charge in [-0.15, -0.1) is 0 Å². The Morgan fingerprint density at radius 3 is 2.62 bits per heavy atom. The van der Waals surface area contributed by atoms with Crippen molar-refractivity contribution in [1.29, 1.82) is 0 Å². The van der Waals surface area contributed by atoms with E-state index in [9.17, 15) is 9.90 Å². The molecule has 0 saturated carbocycles. The number of hydrogen-bond acceptors (Lipinski definition) is 5. The fraction of sp³-hybridized carbons (Fsp3) is 0.500. The second kappa shape index (κ2) is 6.73. The predicted octanol–water partition coefficient (Wildman–Crippen LogP) is 2.51. The summed E-state index contributed by atoms with van der Waals surface area (Å²) in [5, 5.41) is 9.51. The number of likely N-dealkylation sites (tertiary alicyclic amines) is 1. The Labute approximate surface area is 141 Å². The van der Waals surface area contributed by atoms with Crippen molar-refractivity contribution in [2.45, 2.75) is 46.1 Å². The minimum absolute atomic E-state index is 0.0315. The molecule has 2 aromatic heterocycles. The zero-order chi connectivity index (χ0) is 17.3. The molecule has 3 rings (SSSR count). The van der Waals surface area contributed by atoms with Gasteiger partial charge < -0.3 is 14.4 Å². The van der Waals surface area contributed by atoms with E-state index in [2.05, 4.69) is 9.97 Å². The van der Waals surface area contributed by atoms with Crippen LogP contribution in [0.2, 0.25) is 0 Å². The van der Waals surface area contributed by atoms with Gasteiger partial charge in [0.05, 0.1) is 17.9 Å². The maximum atomic E-state index is 12.7. The molecule has 0 unspecified atom stereocenters. The number of aryl methyl sites for hydroxylation is 3. The van der Waals surface area contributed by atoms with Gasteiger partial charge >= 0.3 is 0 Å². The number of aromatic nitrogens is 2. The van der Waals surface area contributed by atoms with Crippen molar-refractivity contribution in [2.24, 2.45) is 0 Å². The van der Waals surface area contributed by atoms with Crippen LogP contribution in [0.25, 0.3) is 0 Å². The summed E-state index contributed by atoms with van der Waals surface area (Å²) in [7, 11) is 0. The van der Waals surface area contributed by atoms with Crippen LogP contribution in [0.5, 0.6) is 0 Å². The molecular formula is C18H23N3O3. The van der Waals surface area contributed by atoms with Gasteiger partial charge in [-0.25, -0.2) is 9.97 Å². The number of nitrogens with zero attached hydrogens (tertiary/aromatic N) is 3. The van der Waals surface area contributed by atoms with E-state index in [1.54, 1.807) is 12.3 Å². The lowest BCUT2D eigenvalue weighted by atomic mass is 9.90. The van der Waals surface area contributed by atoms with Crippen molar-refractivity contribution in [2.75, 3.05) is 13.1 Å². The summed E-state index contributed by atoms with van der Waals surface area (Å²) in [5.74, 6) is 2.43. The molecule has 0 atom stereocenters. The standard InChI is InChI=1S/C18H23N3O3/c1-11-8-16(12(2)24-11)18(23)21-6-4-14(5-7-21)17-15(10-22)9-19-13(3)20-17/h8-9,14,22H,4-7,10H2,1-3H3. The molecule has 1 aliphatic heterocycles. The Morgan fingerprint density at radius 1 is 1.33 bits per heavy atom. The van der Waals surface area contributed by atoms with Crippen molar-refractivity contribution < 1.29 is 14.3 Å². The Bertz CT molecular complexity index is 746. The third-order valence-electron chi connectivity index (χ3n) is 4.63. The average molecular weight is 329 g/mol. The van der Waals surface area contributed by atoms with E-state index >= 15 is 0 Å². The van der Waals surface area contributed by atoms with Crippen molar-refractivity contribution in [3.05, 3.63) is 46.4 Å². The van der Waals surface area contributed by atoms with Gasteiger partial charge in [-0.05, 0) is 39.7 Å². The van der Waals surface area contributed by atoms with Crippen molar-refractivity contribution in [3.8, 4) is 0 Å². The number of piperidine rings is 1. The molecule has 3 heterocycles. The highest BCUT2D eigenvalue weighted by atomic mass is 16.3. The van der Waals surface area contributed by atoms with E-state index in [0.29, 0.717) is 30.2 Å². The molecule has 6 nitrogen and oxygen atoms in total. The first-order valence-corrected chi connectivity index (χ1v) is 8.29. The van der Waals surface area contributed by atoms with Crippen LogP contribution in [0.15, 0.2) is 16.7 Å². The summed E-state index contributed by atoms with van der Waals surface area (Å²) >= 11 is 0. The third kappa shape index (κ3) is 3.19. The van der Waals surface area contributed by atoms with Crippen molar-refractivity contribution >= 4 is 5.91 Å². The van der Waals surface area contributed by atoms with Crippen molar-refractivity contribution in [3.63, 3.8) is 0 Å². The highest BCUT2D eigenvalue weighted by Gasteiger charge is 2.28. The van der Waals surface area contributed by atoms with Crippen LogP contribution in [0, 0.1) is 20.8 Å². The highest BCUT2D eigenvalue weighted by Crippen LogP contribution is 2.30. The highest BCUT2D eigenvalue weighted by molar-refractivity contribution is 5.95. The Hall–Kier alpha value is -2.21. The van der Waals surface area contributed by atoms with Crippen LogP contribution >= 0.6 is 0 Å². The van der Waals surface area contributed by atoms with Gasteiger partial charge in [0.15, 0.2) is 0 Å². The first kappa shape index (κ1) is 16.6. The summed E-state index contributed by atoms with van der Waals surface area (Å²) in [5.41, 5.74) is 2.36. The van der Waals surface area contributed by atoms with Gasteiger partial charge in [-0.2, -0.15) is 0 Å². The Balaban J connectivity index is 1.71. The van der Waals surface area contributed by atoms with Gasteiger partial charge in [0.1, 0.15) is 17.3 Å². The third-order valence-corrected chi connectivity index (χ3v) is 4.63. The minimum Gasteiger partial charge on any atom is -0.466 e. The first-order chi connectivity index (χ1) is 11.5. The van der Waals surface area contributed by atoms with E-state index in [1.807, 2.05) is 25.7 Å². The smallest absolute Gasteiger partial charge is 0.257 e. The van der Waals surface area contributed by atoms with Crippen LogP contribution in [-0.4, -0.2) is 39.0 Å². The molecule has 0 aromatic carbocycles. The fourth-order valence-corrected chi connectivity index (χ4v) is 3.36. The van der Waals surface area contributed by atoms with Gasteiger partial charge in [-0.3, -0.25) is 4.79 Å². The second-order valence-corrected chi connectivity index (χ2v) is 6.38. The number of furan rings is 1. The van der Waals surface area contributed by atoms with Crippen LogP contribution in [-0.2, 0) is 6.61 Å². The molecule has 1 saturated heterocycles. The van der Waals surface area contributed by atoms with Crippen LogP contribution in [0.1, 0.15) is 57.7 Å². The number of rotatable bonds is 3. The fourth-order valence-electron chi connectivity index (χ4n) is 3.36. The maximum absolute atomic E-state index is 12.7.